The number of hydrogen-bond donors (Lipinski definition) is 2. The monoisotopic (exact) mass is 328 g/mol. The smallest absolute Gasteiger partial charge is 0.278 e. The van der Waals surface area contributed by atoms with Crippen LogP contribution in [0.15, 0.2) is 30.6 Å². The fraction of sp³-hybridized carbons (Fsp3) is 0.353. The Morgan fingerprint density at radius 2 is 2.17 bits per heavy atom. The molecule has 1 aliphatic rings. The number of hydrogen-bond acceptors (Lipinski definition) is 4. The summed E-state index contributed by atoms with van der Waals surface area (Å²) in [5.41, 5.74) is 0.424. The van der Waals surface area contributed by atoms with Crippen molar-refractivity contribution in [2.45, 2.75) is 39.3 Å². The number of benzene rings is 1. The molecule has 0 aliphatic carbocycles. The Labute approximate surface area is 140 Å². The molecule has 24 heavy (non-hydrogen) atoms. The van der Waals surface area contributed by atoms with Crippen molar-refractivity contribution in [2.24, 2.45) is 0 Å². The van der Waals surface area contributed by atoms with Gasteiger partial charge in [0.15, 0.2) is 0 Å². The van der Waals surface area contributed by atoms with Crippen LogP contribution < -0.4 is 15.4 Å². The Morgan fingerprint density at radius 1 is 1.42 bits per heavy atom. The summed E-state index contributed by atoms with van der Waals surface area (Å²) >= 11 is 0. The van der Waals surface area contributed by atoms with E-state index in [9.17, 15) is 9.59 Å². The third-order valence-corrected chi connectivity index (χ3v) is 3.95. The van der Waals surface area contributed by atoms with Gasteiger partial charge in [0.25, 0.3) is 17.4 Å². The van der Waals surface area contributed by atoms with Gasteiger partial charge in [0, 0.05) is 12.2 Å². The van der Waals surface area contributed by atoms with Gasteiger partial charge in [0.2, 0.25) is 0 Å². The molecule has 0 radical (unpaired) electrons. The highest BCUT2D eigenvalue weighted by atomic mass is 16.5. The molecule has 0 saturated heterocycles. The van der Waals surface area contributed by atoms with Gasteiger partial charge >= 0.3 is 0 Å². The standard InChI is InChI=1S/C17H20N4O3/c1-10(2)21-9-12(8-18-21)19-15(22)17(4)16(23)20-13-7-11(3)5-6-14(13)24-17/h5-10H,1-4H3,(H,19,22)(H,20,23)/t17-/m0/s1. The summed E-state index contributed by atoms with van der Waals surface area (Å²) in [5.74, 6) is -0.584. The van der Waals surface area contributed by atoms with Crippen LogP contribution in [-0.4, -0.2) is 27.2 Å². The van der Waals surface area contributed by atoms with Gasteiger partial charge in [-0.1, -0.05) is 6.07 Å². The maximum Gasteiger partial charge on any atom is 0.278 e. The van der Waals surface area contributed by atoms with E-state index < -0.39 is 17.4 Å². The fourth-order valence-electron chi connectivity index (χ4n) is 2.42. The van der Waals surface area contributed by atoms with E-state index in [-0.39, 0.29) is 6.04 Å². The summed E-state index contributed by atoms with van der Waals surface area (Å²) in [6, 6.07) is 5.58. The largest absolute Gasteiger partial charge is 0.466 e. The van der Waals surface area contributed by atoms with E-state index in [1.54, 1.807) is 29.2 Å². The van der Waals surface area contributed by atoms with Gasteiger partial charge in [-0.3, -0.25) is 14.3 Å². The number of nitrogens with zero attached hydrogens (tertiary/aromatic N) is 2. The van der Waals surface area contributed by atoms with Crippen molar-refractivity contribution in [3.05, 3.63) is 36.2 Å². The number of fused-ring (bicyclic) bond motifs is 1. The Hall–Kier alpha value is -2.83. The number of aryl methyl sites for hydroxylation is 1. The lowest BCUT2D eigenvalue weighted by molar-refractivity contribution is -0.143. The first kappa shape index (κ1) is 16.0. The van der Waals surface area contributed by atoms with Gasteiger partial charge in [-0.15, -0.1) is 0 Å². The van der Waals surface area contributed by atoms with Crippen molar-refractivity contribution in [1.29, 1.82) is 0 Å². The van der Waals surface area contributed by atoms with E-state index in [4.69, 9.17) is 4.74 Å². The van der Waals surface area contributed by atoms with E-state index in [0.717, 1.165) is 5.56 Å². The number of anilines is 2. The van der Waals surface area contributed by atoms with Gasteiger partial charge in [0.05, 0.1) is 17.6 Å². The summed E-state index contributed by atoms with van der Waals surface area (Å²) < 4.78 is 7.44. The van der Waals surface area contributed by atoms with E-state index in [1.807, 2.05) is 26.8 Å². The third kappa shape index (κ3) is 2.73. The van der Waals surface area contributed by atoms with Crippen LogP contribution in [0.25, 0.3) is 0 Å². The van der Waals surface area contributed by atoms with E-state index >= 15 is 0 Å². The van der Waals surface area contributed by atoms with E-state index in [2.05, 4.69) is 15.7 Å². The van der Waals surface area contributed by atoms with Crippen LogP contribution in [0.2, 0.25) is 0 Å². The summed E-state index contributed by atoms with van der Waals surface area (Å²) in [5, 5.41) is 9.59. The SMILES string of the molecule is Cc1ccc2c(c1)NC(=O)[C@](C)(C(=O)Nc1cnn(C(C)C)c1)O2. The summed E-state index contributed by atoms with van der Waals surface area (Å²) in [6.45, 7) is 7.33. The molecule has 1 atom stereocenters. The molecular formula is C17H20N4O3. The first-order chi connectivity index (χ1) is 11.3. The molecule has 126 valence electrons. The maximum atomic E-state index is 12.6. The lowest BCUT2D eigenvalue weighted by Crippen LogP contribution is -2.56. The predicted molar refractivity (Wildman–Crippen MR) is 90.1 cm³/mol. The Bertz CT molecular complexity index is 812. The molecule has 0 saturated carbocycles. The number of amides is 2. The number of carbonyl (C=O) groups is 2. The highest BCUT2D eigenvalue weighted by Crippen LogP contribution is 2.34. The zero-order chi connectivity index (χ0) is 17.5. The normalized spacial score (nSPS) is 19.5. The number of ether oxygens (including phenoxy) is 1. The molecule has 0 bridgehead atoms. The second-order valence-corrected chi connectivity index (χ2v) is 6.35. The molecule has 1 aromatic heterocycles. The number of nitrogens with one attached hydrogen (secondary N) is 2. The second kappa shape index (κ2) is 5.67. The maximum absolute atomic E-state index is 12.6. The van der Waals surface area contributed by atoms with Gasteiger partial charge in [-0.25, -0.2) is 0 Å². The average molecular weight is 328 g/mol. The average Bonchev–Trinajstić information content (AvgIpc) is 2.97. The van der Waals surface area contributed by atoms with Crippen LogP contribution >= 0.6 is 0 Å². The van der Waals surface area contributed by atoms with Gasteiger partial charge in [0.1, 0.15) is 5.75 Å². The molecule has 3 rings (SSSR count). The topological polar surface area (TPSA) is 85.3 Å². The molecule has 2 aromatic rings. The van der Waals surface area contributed by atoms with Crippen molar-refractivity contribution in [1.82, 2.24) is 9.78 Å². The highest BCUT2D eigenvalue weighted by Gasteiger charge is 2.47. The molecule has 1 aromatic carbocycles. The van der Waals surface area contributed by atoms with E-state index in [1.165, 1.54) is 6.92 Å². The molecule has 0 fully saturated rings. The number of carbonyl (C=O) groups excluding carboxylic acids is 2. The van der Waals surface area contributed by atoms with Crippen LogP contribution in [0, 0.1) is 6.92 Å². The molecule has 0 unspecified atom stereocenters. The quantitative estimate of drug-likeness (QED) is 0.848. The molecule has 7 heteroatoms. The first-order valence-electron chi connectivity index (χ1n) is 7.76. The van der Waals surface area contributed by atoms with Crippen LogP contribution in [0.1, 0.15) is 32.4 Å². The van der Waals surface area contributed by atoms with E-state index in [0.29, 0.717) is 17.1 Å². The van der Waals surface area contributed by atoms with Crippen molar-refractivity contribution in [3.63, 3.8) is 0 Å². The van der Waals surface area contributed by atoms with Gasteiger partial charge in [-0.05, 0) is 45.4 Å². The van der Waals surface area contributed by atoms with Crippen molar-refractivity contribution < 1.29 is 14.3 Å². The van der Waals surface area contributed by atoms with Crippen molar-refractivity contribution in [3.8, 4) is 5.75 Å². The second-order valence-electron chi connectivity index (χ2n) is 6.35. The first-order valence-corrected chi connectivity index (χ1v) is 7.76. The molecule has 7 nitrogen and oxygen atoms in total. The fourth-order valence-corrected chi connectivity index (χ4v) is 2.42. The van der Waals surface area contributed by atoms with Crippen LogP contribution in [0.5, 0.6) is 5.75 Å². The number of aromatic nitrogens is 2. The minimum atomic E-state index is -1.65. The third-order valence-electron chi connectivity index (χ3n) is 3.95. The molecule has 0 spiro atoms. The lowest BCUT2D eigenvalue weighted by atomic mass is 10.0. The molecule has 2 N–H and O–H groups in total. The zero-order valence-corrected chi connectivity index (χ0v) is 14.1. The van der Waals surface area contributed by atoms with Crippen LogP contribution in [-0.2, 0) is 9.59 Å². The predicted octanol–water partition coefficient (Wildman–Crippen LogP) is 2.50. The minimum Gasteiger partial charge on any atom is -0.466 e. The summed E-state index contributed by atoms with van der Waals surface area (Å²) in [4.78, 5) is 25.0. The highest BCUT2D eigenvalue weighted by molar-refractivity contribution is 6.18. The molecule has 2 heterocycles. The van der Waals surface area contributed by atoms with Crippen LogP contribution in [0.4, 0.5) is 11.4 Å². The summed E-state index contributed by atoms with van der Waals surface area (Å²) in [7, 11) is 0. The zero-order valence-electron chi connectivity index (χ0n) is 14.1. The van der Waals surface area contributed by atoms with Crippen LogP contribution in [0.3, 0.4) is 0 Å². The number of rotatable bonds is 3. The Morgan fingerprint density at radius 3 is 2.83 bits per heavy atom. The molecule has 1 aliphatic heterocycles. The summed E-state index contributed by atoms with van der Waals surface area (Å²) in [6.07, 6.45) is 3.25. The van der Waals surface area contributed by atoms with Gasteiger partial charge in [-0.2, -0.15) is 5.10 Å². The Balaban J connectivity index is 1.82. The van der Waals surface area contributed by atoms with Crippen molar-refractivity contribution >= 4 is 23.2 Å². The Kier molecular flexibility index (Phi) is 3.79. The van der Waals surface area contributed by atoms with Gasteiger partial charge < -0.3 is 15.4 Å². The lowest BCUT2D eigenvalue weighted by Gasteiger charge is -2.33. The minimum absolute atomic E-state index is 0.176. The molecule has 2 amide bonds. The van der Waals surface area contributed by atoms with Crippen molar-refractivity contribution in [2.75, 3.05) is 10.6 Å². The molecular weight excluding hydrogens is 308 g/mol.